The molecule has 0 bridgehead atoms. The van der Waals surface area contributed by atoms with Gasteiger partial charge < -0.3 is 10.1 Å². The Labute approximate surface area is 163 Å². The van der Waals surface area contributed by atoms with Gasteiger partial charge >= 0.3 is 5.97 Å². The number of esters is 1. The molecule has 0 aromatic heterocycles. The minimum absolute atomic E-state index is 0.363. The normalized spacial score (nSPS) is 16.0. The summed E-state index contributed by atoms with van der Waals surface area (Å²) in [5.74, 6) is -1.31. The van der Waals surface area contributed by atoms with Crippen LogP contribution in [0.5, 0.6) is 0 Å². The number of rotatable bonds is 5. The Morgan fingerprint density at radius 3 is 2.50 bits per heavy atom. The smallest absolute Gasteiger partial charge is 0.317 e. The Bertz CT molecular complexity index is 912. The Morgan fingerprint density at radius 1 is 1.18 bits per heavy atom. The minimum atomic E-state index is -1.00. The third kappa shape index (κ3) is 4.04. The monoisotopic (exact) mass is 380 g/mol. The molecule has 0 unspecified atom stereocenters. The van der Waals surface area contributed by atoms with Gasteiger partial charge in [0.05, 0.1) is 17.0 Å². The van der Waals surface area contributed by atoms with Gasteiger partial charge in [-0.2, -0.15) is 5.26 Å². The molecule has 6 heteroatoms. The molecular formula is C22H21FN2O3. The highest BCUT2D eigenvalue weighted by atomic mass is 19.1. The van der Waals surface area contributed by atoms with Gasteiger partial charge in [-0.1, -0.05) is 31.0 Å². The van der Waals surface area contributed by atoms with Crippen LogP contribution in [0.4, 0.5) is 10.1 Å². The van der Waals surface area contributed by atoms with Gasteiger partial charge in [-0.3, -0.25) is 9.59 Å². The van der Waals surface area contributed by atoms with E-state index in [0.29, 0.717) is 29.7 Å². The first kappa shape index (κ1) is 19.6. The van der Waals surface area contributed by atoms with E-state index in [-0.39, 0.29) is 5.82 Å². The van der Waals surface area contributed by atoms with E-state index in [1.165, 1.54) is 19.1 Å². The van der Waals surface area contributed by atoms with Gasteiger partial charge in [-0.15, -0.1) is 0 Å². The summed E-state index contributed by atoms with van der Waals surface area (Å²) in [4.78, 5) is 25.4. The second kappa shape index (κ2) is 8.22. The molecule has 5 nitrogen and oxygen atoms in total. The van der Waals surface area contributed by atoms with Crippen molar-refractivity contribution in [3.05, 3.63) is 65.5 Å². The van der Waals surface area contributed by atoms with Gasteiger partial charge in [-0.25, -0.2) is 4.39 Å². The van der Waals surface area contributed by atoms with Crippen LogP contribution in [0, 0.1) is 17.1 Å². The lowest BCUT2D eigenvalue weighted by Crippen LogP contribution is -2.39. The van der Waals surface area contributed by atoms with E-state index in [0.717, 1.165) is 12.8 Å². The fourth-order valence-electron chi connectivity index (χ4n) is 3.60. The van der Waals surface area contributed by atoms with Crippen LogP contribution in [0.25, 0.3) is 0 Å². The van der Waals surface area contributed by atoms with Crippen LogP contribution in [0.1, 0.15) is 43.7 Å². The number of nitrogens with one attached hydrogen (secondary N) is 1. The van der Waals surface area contributed by atoms with Crippen molar-refractivity contribution < 1.29 is 18.7 Å². The highest BCUT2D eigenvalue weighted by Crippen LogP contribution is 2.42. The SMILES string of the molecule is C[C@H](OC(=O)C1(c2ccc(F)cc2)CCCC1)C(=O)Nc1cccc(C#N)c1. The fraction of sp³-hybridized carbons (Fsp3) is 0.318. The number of amides is 1. The second-order valence-electron chi connectivity index (χ2n) is 7.03. The number of hydrogen-bond acceptors (Lipinski definition) is 4. The maximum atomic E-state index is 13.3. The maximum Gasteiger partial charge on any atom is 0.317 e. The number of carbonyl (C=O) groups is 2. The van der Waals surface area contributed by atoms with Gasteiger partial charge in [0.1, 0.15) is 5.82 Å². The molecule has 0 spiro atoms. The van der Waals surface area contributed by atoms with Gasteiger partial charge in [0, 0.05) is 5.69 Å². The zero-order valence-corrected chi connectivity index (χ0v) is 15.6. The van der Waals surface area contributed by atoms with Gasteiger partial charge in [-0.05, 0) is 55.7 Å². The summed E-state index contributed by atoms with van der Waals surface area (Å²) in [6, 6.07) is 14.4. The predicted octanol–water partition coefficient (Wildman–Crippen LogP) is 4.08. The zero-order valence-electron chi connectivity index (χ0n) is 15.6. The molecule has 1 atom stereocenters. The first-order chi connectivity index (χ1) is 13.4. The summed E-state index contributed by atoms with van der Waals surface area (Å²) < 4.78 is 18.8. The highest BCUT2D eigenvalue weighted by Gasteiger charge is 2.45. The van der Waals surface area contributed by atoms with Crippen LogP contribution in [0.2, 0.25) is 0 Å². The molecule has 2 aromatic rings. The minimum Gasteiger partial charge on any atom is -0.452 e. The molecule has 0 radical (unpaired) electrons. The van der Waals surface area contributed by atoms with Crippen molar-refractivity contribution in [2.24, 2.45) is 0 Å². The Hall–Kier alpha value is -3.20. The summed E-state index contributed by atoms with van der Waals surface area (Å²) in [5.41, 5.74) is 0.749. The van der Waals surface area contributed by atoms with Crippen LogP contribution >= 0.6 is 0 Å². The first-order valence-corrected chi connectivity index (χ1v) is 9.23. The highest BCUT2D eigenvalue weighted by molar-refractivity contribution is 5.96. The predicted molar refractivity (Wildman–Crippen MR) is 102 cm³/mol. The van der Waals surface area contributed by atoms with Crippen molar-refractivity contribution in [1.82, 2.24) is 0 Å². The van der Waals surface area contributed by atoms with Gasteiger partial charge in [0.15, 0.2) is 6.10 Å². The summed E-state index contributed by atoms with van der Waals surface area (Å²) in [7, 11) is 0. The maximum absolute atomic E-state index is 13.3. The van der Waals surface area contributed by atoms with E-state index < -0.39 is 23.4 Å². The molecule has 1 aliphatic carbocycles. The van der Waals surface area contributed by atoms with Crippen LogP contribution in [-0.2, 0) is 19.7 Å². The van der Waals surface area contributed by atoms with Crippen molar-refractivity contribution >= 4 is 17.6 Å². The Balaban J connectivity index is 1.71. The quantitative estimate of drug-likeness (QED) is 0.793. The second-order valence-corrected chi connectivity index (χ2v) is 7.03. The lowest BCUT2D eigenvalue weighted by atomic mass is 9.79. The molecule has 2 aromatic carbocycles. The van der Waals surface area contributed by atoms with Crippen molar-refractivity contribution in [2.45, 2.75) is 44.1 Å². The van der Waals surface area contributed by atoms with Crippen LogP contribution < -0.4 is 5.32 Å². The van der Waals surface area contributed by atoms with Crippen LogP contribution in [-0.4, -0.2) is 18.0 Å². The Morgan fingerprint density at radius 2 is 1.86 bits per heavy atom. The molecule has 1 saturated carbocycles. The van der Waals surface area contributed by atoms with Crippen molar-refractivity contribution in [1.29, 1.82) is 5.26 Å². The van der Waals surface area contributed by atoms with E-state index in [4.69, 9.17) is 10.00 Å². The number of anilines is 1. The number of nitriles is 1. The topological polar surface area (TPSA) is 79.2 Å². The zero-order chi connectivity index (χ0) is 20.1. The van der Waals surface area contributed by atoms with Crippen molar-refractivity contribution in [2.75, 3.05) is 5.32 Å². The van der Waals surface area contributed by atoms with E-state index in [9.17, 15) is 14.0 Å². The van der Waals surface area contributed by atoms with Crippen molar-refractivity contribution in [3.63, 3.8) is 0 Å². The molecular weight excluding hydrogens is 359 g/mol. The average molecular weight is 380 g/mol. The number of ether oxygens (including phenoxy) is 1. The molecule has 0 aliphatic heterocycles. The molecule has 1 fully saturated rings. The van der Waals surface area contributed by atoms with Crippen LogP contribution in [0.15, 0.2) is 48.5 Å². The van der Waals surface area contributed by atoms with Gasteiger partial charge in [0.25, 0.3) is 5.91 Å². The number of nitrogens with zero attached hydrogens (tertiary/aromatic N) is 1. The number of halogens is 1. The summed E-state index contributed by atoms with van der Waals surface area (Å²) in [6.45, 7) is 1.51. The number of hydrogen-bond donors (Lipinski definition) is 1. The molecule has 1 N–H and O–H groups in total. The van der Waals surface area contributed by atoms with E-state index in [1.807, 2.05) is 6.07 Å². The number of benzene rings is 2. The van der Waals surface area contributed by atoms with Gasteiger partial charge in [0.2, 0.25) is 0 Å². The first-order valence-electron chi connectivity index (χ1n) is 9.23. The fourth-order valence-corrected chi connectivity index (χ4v) is 3.60. The summed E-state index contributed by atoms with van der Waals surface area (Å²) in [5, 5.41) is 11.6. The third-order valence-electron chi connectivity index (χ3n) is 5.16. The molecule has 28 heavy (non-hydrogen) atoms. The molecule has 144 valence electrons. The van der Waals surface area contributed by atoms with E-state index in [2.05, 4.69) is 5.32 Å². The molecule has 0 heterocycles. The number of carbonyl (C=O) groups excluding carboxylic acids is 2. The standard InChI is InChI=1S/C22H21FN2O3/c1-15(20(26)25-19-6-4-5-16(13-19)14-24)28-21(27)22(11-2-3-12-22)17-7-9-18(23)10-8-17/h4-10,13,15H,2-3,11-12H2,1H3,(H,25,26)/t15-/m0/s1. The van der Waals surface area contributed by atoms with E-state index in [1.54, 1.807) is 36.4 Å². The Kier molecular flexibility index (Phi) is 5.74. The van der Waals surface area contributed by atoms with Crippen molar-refractivity contribution in [3.8, 4) is 6.07 Å². The molecule has 3 rings (SSSR count). The average Bonchev–Trinajstić information content (AvgIpc) is 3.19. The largest absolute Gasteiger partial charge is 0.452 e. The molecule has 0 saturated heterocycles. The third-order valence-corrected chi connectivity index (χ3v) is 5.16. The van der Waals surface area contributed by atoms with E-state index >= 15 is 0 Å². The summed E-state index contributed by atoms with van der Waals surface area (Å²) >= 11 is 0. The summed E-state index contributed by atoms with van der Waals surface area (Å²) in [6.07, 6.45) is 1.95. The molecule has 1 aliphatic rings. The molecule has 1 amide bonds. The lowest BCUT2D eigenvalue weighted by molar-refractivity contribution is -0.159. The van der Waals surface area contributed by atoms with Crippen LogP contribution in [0.3, 0.4) is 0 Å². The lowest BCUT2D eigenvalue weighted by Gasteiger charge is -2.28.